The second-order valence-corrected chi connectivity index (χ2v) is 7.28. The third-order valence-corrected chi connectivity index (χ3v) is 5.27. The van der Waals surface area contributed by atoms with Crippen LogP contribution in [0.15, 0.2) is 24.3 Å². The van der Waals surface area contributed by atoms with Crippen LogP contribution in [0.25, 0.3) is 10.8 Å². The highest BCUT2D eigenvalue weighted by molar-refractivity contribution is 6.65. The van der Waals surface area contributed by atoms with E-state index >= 15 is 0 Å². The lowest BCUT2D eigenvalue weighted by atomic mass is 9.74. The van der Waals surface area contributed by atoms with Crippen LogP contribution in [0.2, 0.25) is 0 Å². The molecule has 0 spiro atoms. The normalized spacial score (nSPS) is 19.0. The zero-order valence-electron chi connectivity index (χ0n) is 15.2. The fourth-order valence-electron chi connectivity index (χ4n) is 3.14. The van der Waals surface area contributed by atoms with Crippen molar-refractivity contribution in [2.45, 2.75) is 52.2 Å². The van der Waals surface area contributed by atoms with Gasteiger partial charge in [0.05, 0.1) is 18.3 Å². The molecule has 1 aliphatic rings. The summed E-state index contributed by atoms with van der Waals surface area (Å²) in [5, 5.41) is 1.79. The number of rotatable bonds is 3. The van der Waals surface area contributed by atoms with Crippen molar-refractivity contribution < 1.29 is 18.4 Å². The molecule has 128 valence electrons. The number of halogens is 1. The maximum absolute atomic E-state index is 14.4. The van der Waals surface area contributed by atoms with Gasteiger partial charge in [-0.15, -0.1) is 0 Å². The molecule has 0 atom stereocenters. The minimum absolute atomic E-state index is 0.201. The lowest BCUT2D eigenvalue weighted by molar-refractivity contribution is 0.00578. The van der Waals surface area contributed by atoms with E-state index in [0.29, 0.717) is 17.7 Å². The second kappa shape index (κ2) is 5.75. The van der Waals surface area contributed by atoms with Gasteiger partial charge in [0.1, 0.15) is 11.6 Å². The van der Waals surface area contributed by atoms with Crippen molar-refractivity contribution in [1.29, 1.82) is 0 Å². The molecule has 3 rings (SSSR count). The molecule has 24 heavy (non-hydrogen) atoms. The molecular weight excluding hydrogens is 306 g/mol. The summed E-state index contributed by atoms with van der Waals surface area (Å²) in [5.41, 5.74) is 0.596. The molecule has 0 amide bonds. The molecule has 1 heterocycles. The molecule has 0 saturated carbocycles. The van der Waals surface area contributed by atoms with Crippen LogP contribution < -0.4 is 10.2 Å². The first-order valence-corrected chi connectivity index (χ1v) is 8.35. The van der Waals surface area contributed by atoms with Crippen molar-refractivity contribution in [1.82, 2.24) is 0 Å². The van der Waals surface area contributed by atoms with Crippen LogP contribution in [-0.4, -0.2) is 25.4 Å². The Bertz CT molecular complexity index is 770. The van der Waals surface area contributed by atoms with Gasteiger partial charge in [-0.2, -0.15) is 0 Å². The Morgan fingerprint density at radius 1 is 1.08 bits per heavy atom. The molecule has 0 radical (unpaired) electrons. The molecular formula is C19H24BFO3. The van der Waals surface area contributed by atoms with Crippen molar-refractivity contribution in [2.75, 3.05) is 7.11 Å². The number of aryl methyl sites for hydroxylation is 1. The van der Waals surface area contributed by atoms with Gasteiger partial charge >= 0.3 is 7.12 Å². The number of benzene rings is 2. The number of fused-ring (bicyclic) bond motifs is 1. The summed E-state index contributed by atoms with van der Waals surface area (Å²) < 4.78 is 32.2. The van der Waals surface area contributed by atoms with E-state index in [4.69, 9.17) is 14.0 Å². The largest absolute Gasteiger partial charge is 0.497 e. The van der Waals surface area contributed by atoms with Gasteiger partial charge in [0.15, 0.2) is 0 Å². The molecule has 1 saturated heterocycles. The number of methoxy groups -OCH3 is 1. The van der Waals surface area contributed by atoms with E-state index in [1.54, 1.807) is 13.2 Å². The zero-order chi connectivity index (χ0) is 17.7. The van der Waals surface area contributed by atoms with E-state index < -0.39 is 18.3 Å². The quantitative estimate of drug-likeness (QED) is 0.800. The first-order chi connectivity index (χ1) is 11.2. The summed E-state index contributed by atoms with van der Waals surface area (Å²) in [5.74, 6) is 0.508. The number of hydrogen-bond acceptors (Lipinski definition) is 3. The van der Waals surface area contributed by atoms with Crippen LogP contribution in [0.3, 0.4) is 0 Å². The highest BCUT2D eigenvalue weighted by Crippen LogP contribution is 2.38. The van der Waals surface area contributed by atoms with Gasteiger partial charge in [0.2, 0.25) is 0 Å². The van der Waals surface area contributed by atoms with Crippen molar-refractivity contribution in [3.63, 3.8) is 0 Å². The first-order valence-electron chi connectivity index (χ1n) is 8.35. The van der Waals surface area contributed by atoms with Crippen molar-refractivity contribution >= 4 is 23.4 Å². The van der Waals surface area contributed by atoms with E-state index in [9.17, 15) is 4.39 Å². The molecule has 2 aromatic rings. The number of ether oxygens (including phenoxy) is 1. The average Bonchev–Trinajstić information content (AvgIpc) is 2.74. The summed E-state index contributed by atoms with van der Waals surface area (Å²) in [7, 11) is 1.07. The third-order valence-electron chi connectivity index (χ3n) is 5.27. The van der Waals surface area contributed by atoms with E-state index in [2.05, 4.69) is 0 Å². The third kappa shape index (κ3) is 2.60. The molecule has 0 unspecified atom stereocenters. The Morgan fingerprint density at radius 2 is 1.71 bits per heavy atom. The molecule has 3 nitrogen and oxygen atoms in total. The van der Waals surface area contributed by atoms with E-state index in [1.807, 2.05) is 46.8 Å². The van der Waals surface area contributed by atoms with E-state index in [1.165, 1.54) is 6.07 Å². The standard InChI is InChI=1S/C19H24BFO3/c1-7-14-16(21)9-8-12-10-13(22-6)11-15(17(12)14)20-23-18(2,3)19(4,5)24-20/h8-11H,7H2,1-6H3. The van der Waals surface area contributed by atoms with Gasteiger partial charge < -0.3 is 14.0 Å². The molecule has 1 fully saturated rings. The van der Waals surface area contributed by atoms with Gasteiger partial charge in [-0.3, -0.25) is 0 Å². The summed E-state index contributed by atoms with van der Waals surface area (Å²) in [6.07, 6.45) is 0.599. The fraction of sp³-hybridized carbons (Fsp3) is 0.474. The predicted molar refractivity (Wildman–Crippen MR) is 95.6 cm³/mol. The van der Waals surface area contributed by atoms with Crippen LogP contribution in [0, 0.1) is 5.82 Å². The fourth-order valence-corrected chi connectivity index (χ4v) is 3.14. The van der Waals surface area contributed by atoms with Gasteiger partial charge in [-0.25, -0.2) is 4.39 Å². The van der Waals surface area contributed by atoms with Gasteiger partial charge in [0.25, 0.3) is 0 Å². The molecule has 1 aliphatic heterocycles. The molecule has 2 aromatic carbocycles. The van der Waals surface area contributed by atoms with Crippen LogP contribution in [-0.2, 0) is 15.7 Å². The Balaban J connectivity index is 2.25. The van der Waals surface area contributed by atoms with Gasteiger partial charge in [-0.05, 0) is 74.1 Å². The Hall–Kier alpha value is -1.59. The van der Waals surface area contributed by atoms with Crippen molar-refractivity contribution in [2.24, 2.45) is 0 Å². The Morgan fingerprint density at radius 3 is 2.25 bits per heavy atom. The molecule has 0 bridgehead atoms. The highest BCUT2D eigenvalue weighted by atomic mass is 19.1. The lowest BCUT2D eigenvalue weighted by Crippen LogP contribution is -2.41. The lowest BCUT2D eigenvalue weighted by Gasteiger charge is -2.32. The average molecular weight is 330 g/mol. The topological polar surface area (TPSA) is 27.7 Å². The maximum atomic E-state index is 14.4. The molecule has 0 aromatic heterocycles. The summed E-state index contributed by atoms with van der Waals surface area (Å²) in [6.45, 7) is 10.00. The van der Waals surface area contributed by atoms with Crippen molar-refractivity contribution in [3.05, 3.63) is 35.6 Å². The SMILES string of the molecule is CCc1c(F)ccc2cc(OC)cc(B3OC(C)(C)C(C)(C)O3)c12. The monoisotopic (exact) mass is 330 g/mol. The van der Waals surface area contributed by atoms with Crippen LogP contribution >= 0.6 is 0 Å². The smallest absolute Gasteiger partial charge is 0.495 e. The summed E-state index contributed by atoms with van der Waals surface area (Å²) in [6, 6.07) is 7.10. The maximum Gasteiger partial charge on any atom is 0.495 e. The van der Waals surface area contributed by atoms with E-state index in [-0.39, 0.29) is 5.82 Å². The van der Waals surface area contributed by atoms with Crippen LogP contribution in [0.4, 0.5) is 4.39 Å². The summed E-state index contributed by atoms with van der Waals surface area (Å²) in [4.78, 5) is 0. The molecule has 0 aliphatic carbocycles. The molecule has 0 N–H and O–H groups in total. The second-order valence-electron chi connectivity index (χ2n) is 7.28. The van der Waals surface area contributed by atoms with Gasteiger partial charge in [-0.1, -0.05) is 13.0 Å². The van der Waals surface area contributed by atoms with E-state index in [0.717, 1.165) is 16.2 Å². The van der Waals surface area contributed by atoms with Crippen molar-refractivity contribution in [3.8, 4) is 5.75 Å². The first kappa shape index (κ1) is 17.2. The minimum atomic E-state index is -0.556. The highest BCUT2D eigenvalue weighted by Gasteiger charge is 2.52. The van der Waals surface area contributed by atoms with Gasteiger partial charge in [0, 0.05) is 0 Å². The minimum Gasteiger partial charge on any atom is -0.497 e. The summed E-state index contributed by atoms with van der Waals surface area (Å²) >= 11 is 0. The zero-order valence-corrected chi connectivity index (χ0v) is 15.2. The Labute approximate surface area is 143 Å². The Kier molecular flexibility index (Phi) is 4.13. The molecule has 5 heteroatoms. The van der Waals surface area contributed by atoms with Crippen LogP contribution in [0.5, 0.6) is 5.75 Å². The van der Waals surface area contributed by atoms with Crippen LogP contribution in [0.1, 0.15) is 40.2 Å². The predicted octanol–water partition coefficient (Wildman–Crippen LogP) is 3.85. The number of hydrogen-bond donors (Lipinski definition) is 0.